The van der Waals surface area contributed by atoms with E-state index in [4.69, 9.17) is 23.7 Å². The molecule has 15 heteroatoms. The Morgan fingerprint density at radius 2 is 1.50 bits per heavy atom. The van der Waals surface area contributed by atoms with Gasteiger partial charge in [-0.1, -0.05) is 12.1 Å². The third kappa shape index (κ3) is 7.76. The minimum Gasteiger partial charge on any atom is -0.504 e. The van der Waals surface area contributed by atoms with Gasteiger partial charge in [0, 0.05) is 6.08 Å². The molecule has 2 aliphatic rings. The van der Waals surface area contributed by atoms with Crippen LogP contribution >= 0.6 is 0 Å². The number of aliphatic hydroxyl groups excluding tert-OH is 5. The second-order valence-electron chi connectivity index (χ2n) is 10.4. The van der Waals surface area contributed by atoms with Gasteiger partial charge in [0.2, 0.25) is 0 Å². The number of aliphatic hydroxyl groups is 5. The maximum Gasteiger partial charge on any atom is 0.331 e. The lowest BCUT2D eigenvalue weighted by molar-refractivity contribution is -0.357. The smallest absolute Gasteiger partial charge is 0.331 e. The highest BCUT2D eigenvalue weighted by molar-refractivity contribution is 5.87. The number of phenols is 4. The molecule has 0 spiro atoms. The molecule has 0 unspecified atom stereocenters. The van der Waals surface area contributed by atoms with Gasteiger partial charge in [-0.2, -0.15) is 0 Å². The summed E-state index contributed by atoms with van der Waals surface area (Å²) < 4.78 is 28.2. The zero-order valence-electron chi connectivity index (χ0n) is 23.5. The number of ether oxygens (including phenoxy) is 5. The Hall–Kier alpha value is -3.51. The van der Waals surface area contributed by atoms with Gasteiger partial charge < -0.3 is 69.6 Å². The van der Waals surface area contributed by atoms with Crippen molar-refractivity contribution in [2.45, 2.75) is 74.8 Å². The number of hydrogen-bond donors (Lipinski definition) is 9. The molecule has 0 radical (unpaired) electrons. The number of hydrogen-bond acceptors (Lipinski definition) is 15. The Morgan fingerprint density at radius 1 is 0.818 bits per heavy atom. The number of aromatic hydroxyl groups is 4. The van der Waals surface area contributed by atoms with Crippen molar-refractivity contribution in [3.63, 3.8) is 0 Å². The summed E-state index contributed by atoms with van der Waals surface area (Å²) in [5, 5.41) is 90.5. The Balaban J connectivity index is 1.52. The largest absolute Gasteiger partial charge is 0.504 e. The Morgan fingerprint density at radius 3 is 2.16 bits per heavy atom. The van der Waals surface area contributed by atoms with Crippen LogP contribution in [-0.2, 0) is 34.9 Å². The van der Waals surface area contributed by atoms with Gasteiger partial charge in [0.05, 0.1) is 19.3 Å². The number of rotatable bonds is 10. The van der Waals surface area contributed by atoms with Crippen molar-refractivity contribution in [2.24, 2.45) is 0 Å². The molecular formula is C29H36O15. The molecule has 0 aromatic heterocycles. The number of carbonyl (C=O) groups excluding carboxylic acids is 1. The topological polar surface area (TPSA) is 245 Å². The zero-order chi connectivity index (χ0) is 32.1. The summed E-state index contributed by atoms with van der Waals surface area (Å²) in [6.45, 7) is 0.606. The molecule has 44 heavy (non-hydrogen) atoms. The summed E-state index contributed by atoms with van der Waals surface area (Å²) in [5.41, 5.74) is 0.914. The van der Waals surface area contributed by atoms with Gasteiger partial charge in [0.15, 0.2) is 41.7 Å². The molecular weight excluding hydrogens is 588 g/mol. The van der Waals surface area contributed by atoms with Crippen LogP contribution in [0.1, 0.15) is 18.1 Å². The second-order valence-corrected chi connectivity index (χ2v) is 10.4. The first-order chi connectivity index (χ1) is 20.9. The lowest BCUT2D eigenvalue weighted by atomic mass is 9.97. The lowest BCUT2D eigenvalue weighted by Crippen LogP contribution is -2.65. The quantitative estimate of drug-likeness (QED) is 0.0873. The molecule has 0 saturated carbocycles. The monoisotopic (exact) mass is 624 g/mol. The van der Waals surface area contributed by atoms with Crippen LogP contribution in [0.3, 0.4) is 0 Å². The first-order valence-corrected chi connectivity index (χ1v) is 13.7. The van der Waals surface area contributed by atoms with Crippen LogP contribution in [0, 0.1) is 0 Å². The average Bonchev–Trinajstić information content (AvgIpc) is 2.99. The number of carbonyl (C=O) groups is 1. The molecule has 0 bridgehead atoms. The van der Waals surface area contributed by atoms with E-state index in [1.807, 2.05) is 0 Å². The van der Waals surface area contributed by atoms with E-state index in [1.54, 1.807) is 6.07 Å². The normalized spacial score (nSPS) is 32.5. The van der Waals surface area contributed by atoms with E-state index in [0.29, 0.717) is 11.1 Å². The van der Waals surface area contributed by atoms with E-state index in [2.05, 4.69) is 0 Å². The van der Waals surface area contributed by atoms with Gasteiger partial charge >= 0.3 is 5.97 Å². The average molecular weight is 625 g/mol. The molecule has 2 saturated heterocycles. The highest BCUT2D eigenvalue weighted by Gasteiger charge is 2.52. The molecule has 2 aromatic rings. The van der Waals surface area contributed by atoms with Crippen molar-refractivity contribution in [3.8, 4) is 23.0 Å². The van der Waals surface area contributed by atoms with Crippen LogP contribution in [-0.4, -0.2) is 127 Å². The number of benzene rings is 2. The highest BCUT2D eigenvalue weighted by atomic mass is 16.7. The standard InChI is InChI=1S/C29H36O15/c1-13-22(36)23(37)24(38)29(41-13)44-27-25(39)28(40-9-8-15-3-6-17(32)19(34)11-15)42-20(12-30)26(27)43-21(35)7-4-14-2-5-16(31)18(33)10-14/h2-7,10-11,13,20,22-34,36-39H,8-9,12H2,1H3/t13-,20+,22-,23+,24+,25+,26+,27+,28-,29-/m0/s1. The predicted molar refractivity (Wildman–Crippen MR) is 147 cm³/mol. The van der Waals surface area contributed by atoms with E-state index in [0.717, 1.165) is 6.08 Å². The fraction of sp³-hybridized carbons (Fsp3) is 0.483. The van der Waals surface area contributed by atoms with E-state index in [-0.39, 0.29) is 30.3 Å². The van der Waals surface area contributed by atoms with Crippen molar-refractivity contribution < 1.29 is 74.4 Å². The van der Waals surface area contributed by atoms with E-state index in [1.165, 1.54) is 43.3 Å². The molecule has 0 aliphatic carbocycles. The van der Waals surface area contributed by atoms with Crippen LogP contribution < -0.4 is 0 Å². The van der Waals surface area contributed by atoms with Crippen molar-refractivity contribution in [3.05, 3.63) is 53.6 Å². The molecule has 2 aromatic carbocycles. The lowest BCUT2D eigenvalue weighted by Gasteiger charge is -2.46. The molecule has 15 nitrogen and oxygen atoms in total. The molecule has 10 atom stereocenters. The van der Waals surface area contributed by atoms with E-state index in [9.17, 15) is 50.8 Å². The number of esters is 1. The van der Waals surface area contributed by atoms with Crippen LogP contribution in [0.15, 0.2) is 42.5 Å². The van der Waals surface area contributed by atoms with Crippen molar-refractivity contribution in [2.75, 3.05) is 13.2 Å². The first kappa shape index (κ1) is 33.4. The second kappa shape index (κ2) is 14.5. The van der Waals surface area contributed by atoms with Crippen LogP contribution in [0.5, 0.6) is 23.0 Å². The fourth-order valence-electron chi connectivity index (χ4n) is 4.76. The van der Waals surface area contributed by atoms with Gasteiger partial charge in [-0.3, -0.25) is 0 Å². The SMILES string of the molecule is C[C@@H]1O[C@@H](O[C@@H]2[C@@H](O)[C@@H](OCCc3ccc(O)c(O)c3)O[C@H](CO)[C@H]2OC(=O)C=Cc2ccc(O)c(O)c2)[C@H](O)[C@H](O)[C@H]1O. The van der Waals surface area contributed by atoms with Crippen molar-refractivity contribution in [1.82, 2.24) is 0 Å². The minimum absolute atomic E-state index is 0.0754. The maximum absolute atomic E-state index is 12.8. The highest BCUT2D eigenvalue weighted by Crippen LogP contribution is 2.32. The molecule has 9 N–H and O–H groups in total. The first-order valence-electron chi connectivity index (χ1n) is 13.7. The van der Waals surface area contributed by atoms with Crippen LogP contribution in [0.2, 0.25) is 0 Å². The molecule has 242 valence electrons. The summed E-state index contributed by atoms with van der Waals surface area (Å²) in [6.07, 6.45) is -12.6. The predicted octanol–water partition coefficient (Wildman–Crippen LogP) is -1.02. The molecule has 0 amide bonds. The van der Waals surface area contributed by atoms with Crippen LogP contribution in [0.25, 0.3) is 6.08 Å². The minimum atomic E-state index is -1.77. The number of phenolic OH excluding ortho intramolecular Hbond substituents is 4. The summed E-state index contributed by atoms with van der Waals surface area (Å²) in [5.74, 6) is -2.40. The van der Waals surface area contributed by atoms with E-state index < -0.39 is 79.7 Å². The summed E-state index contributed by atoms with van der Waals surface area (Å²) in [6, 6.07) is 7.98. The summed E-state index contributed by atoms with van der Waals surface area (Å²) in [4.78, 5) is 12.8. The molecule has 2 fully saturated rings. The Labute approximate surface area is 251 Å². The summed E-state index contributed by atoms with van der Waals surface area (Å²) in [7, 11) is 0. The zero-order valence-corrected chi connectivity index (χ0v) is 23.5. The van der Waals surface area contributed by atoms with Gasteiger partial charge in [-0.25, -0.2) is 4.79 Å². The van der Waals surface area contributed by atoms with Gasteiger partial charge in [0.1, 0.15) is 36.6 Å². The van der Waals surface area contributed by atoms with Crippen LogP contribution in [0.4, 0.5) is 0 Å². The van der Waals surface area contributed by atoms with Gasteiger partial charge in [0.25, 0.3) is 0 Å². The maximum atomic E-state index is 12.8. The fourth-order valence-corrected chi connectivity index (χ4v) is 4.76. The molecule has 2 heterocycles. The Bertz CT molecular complexity index is 1300. The molecule has 2 aliphatic heterocycles. The third-order valence-electron chi connectivity index (χ3n) is 7.27. The summed E-state index contributed by atoms with van der Waals surface area (Å²) >= 11 is 0. The van der Waals surface area contributed by atoms with Gasteiger partial charge in [-0.15, -0.1) is 0 Å². The third-order valence-corrected chi connectivity index (χ3v) is 7.27. The van der Waals surface area contributed by atoms with Crippen molar-refractivity contribution >= 4 is 12.0 Å². The van der Waals surface area contributed by atoms with E-state index >= 15 is 0 Å². The van der Waals surface area contributed by atoms with Gasteiger partial charge in [-0.05, 0) is 54.8 Å². The molecule has 4 rings (SSSR count). The van der Waals surface area contributed by atoms with Crippen molar-refractivity contribution in [1.29, 1.82) is 0 Å². The Kier molecular flexibility index (Phi) is 11.0.